The van der Waals surface area contributed by atoms with Gasteiger partial charge >= 0.3 is 12.0 Å². The number of carbonyl (C=O) groups excluding carboxylic acids is 1. The monoisotopic (exact) mass is 389 g/mol. The smallest absolute Gasteiger partial charge is 0.317 e. The van der Waals surface area contributed by atoms with Gasteiger partial charge in [-0.1, -0.05) is 45.0 Å². The molecular formula is C22H35N3O3. The van der Waals surface area contributed by atoms with Crippen LogP contribution in [0.4, 0.5) is 4.79 Å². The quantitative estimate of drug-likeness (QED) is 0.712. The second-order valence-corrected chi connectivity index (χ2v) is 8.16. The SMILES string of the molecule is CCN(CC(=O)O)C1CCN(C(=O)NC(CC(C)C)c2ccccc2C)CC1. The van der Waals surface area contributed by atoms with Crippen LogP contribution in [0.5, 0.6) is 0 Å². The number of aliphatic carboxylic acids is 1. The van der Waals surface area contributed by atoms with Gasteiger partial charge in [0.25, 0.3) is 0 Å². The maximum atomic E-state index is 12.9. The Hall–Kier alpha value is -2.08. The van der Waals surface area contributed by atoms with Gasteiger partial charge in [-0.15, -0.1) is 0 Å². The van der Waals surface area contributed by atoms with Crippen LogP contribution in [0, 0.1) is 12.8 Å². The van der Waals surface area contributed by atoms with Gasteiger partial charge in [-0.2, -0.15) is 0 Å². The number of urea groups is 1. The minimum atomic E-state index is -0.795. The lowest BCUT2D eigenvalue weighted by atomic mass is 9.94. The fourth-order valence-electron chi connectivity index (χ4n) is 4.06. The number of hydrogen-bond donors (Lipinski definition) is 2. The molecule has 0 bridgehead atoms. The zero-order valence-electron chi connectivity index (χ0n) is 17.6. The fraction of sp³-hybridized carbons (Fsp3) is 0.636. The van der Waals surface area contributed by atoms with Gasteiger partial charge in [0.2, 0.25) is 0 Å². The van der Waals surface area contributed by atoms with E-state index in [2.05, 4.69) is 38.2 Å². The van der Waals surface area contributed by atoms with Gasteiger partial charge < -0.3 is 15.3 Å². The molecule has 0 aromatic heterocycles. The van der Waals surface area contributed by atoms with E-state index in [-0.39, 0.29) is 24.7 Å². The Morgan fingerprint density at radius 3 is 2.43 bits per heavy atom. The molecule has 1 aliphatic heterocycles. The van der Waals surface area contributed by atoms with Gasteiger partial charge in [-0.25, -0.2) is 4.79 Å². The summed E-state index contributed by atoms with van der Waals surface area (Å²) in [5.74, 6) is -0.318. The van der Waals surface area contributed by atoms with Crippen LogP contribution in [0.1, 0.15) is 57.2 Å². The maximum absolute atomic E-state index is 12.9. The molecule has 0 saturated carbocycles. The standard InChI is InChI=1S/C22H35N3O3/c1-5-24(15-21(26)27)18-10-12-25(13-11-18)22(28)23-20(14-16(2)3)19-9-7-6-8-17(19)4/h6-9,16,18,20H,5,10-15H2,1-4H3,(H,23,28)(H,26,27). The molecule has 0 radical (unpaired) electrons. The number of carbonyl (C=O) groups is 2. The molecule has 2 amide bonds. The molecule has 1 heterocycles. The fourth-order valence-corrected chi connectivity index (χ4v) is 4.06. The lowest BCUT2D eigenvalue weighted by molar-refractivity contribution is -0.139. The van der Waals surface area contributed by atoms with Gasteiger partial charge in [-0.05, 0) is 49.8 Å². The van der Waals surface area contributed by atoms with Crippen LogP contribution in [0.3, 0.4) is 0 Å². The van der Waals surface area contributed by atoms with Crippen LogP contribution in [-0.4, -0.2) is 59.1 Å². The van der Waals surface area contributed by atoms with E-state index < -0.39 is 5.97 Å². The highest BCUT2D eigenvalue weighted by Crippen LogP contribution is 2.25. The van der Waals surface area contributed by atoms with Crippen molar-refractivity contribution in [3.63, 3.8) is 0 Å². The molecule has 0 aliphatic carbocycles. The molecule has 1 aromatic carbocycles. The lowest BCUT2D eigenvalue weighted by Crippen LogP contribution is -2.51. The number of benzene rings is 1. The Bertz CT molecular complexity index is 654. The zero-order valence-corrected chi connectivity index (χ0v) is 17.6. The number of rotatable bonds is 8. The number of amides is 2. The summed E-state index contributed by atoms with van der Waals surface area (Å²) >= 11 is 0. The zero-order chi connectivity index (χ0) is 20.7. The van der Waals surface area contributed by atoms with E-state index in [9.17, 15) is 9.59 Å². The maximum Gasteiger partial charge on any atom is 0.317 e. The third kappa shape index (κ3) is 6.23. The van der Waals surface area contributed by atoms with Crippen molar-refractivity contribution in [1.29, 1.82) is 0 Å². The van der Waals surface area contributed by atoms with Crippen molar-refractivity contribution >= 4 is 12.0 Å². The number of likely N-dealkylation sites (N-methyl/N-ethyl adjacent to an activating group) is 1. The third-order valence-electron chi connectivity index (χ3n) is 5.58. The van der Waals surface area contributed by atoms with Gasteiger partial charge in [0.05, 0.1) is 12.6 Å². The van der Waals surface area contributed by atoms with Gasteiger partial charge in [-0.3, -0.25) is 9.69 Å². The van der Waals surface area contributed by atoms with Gasteiger partial charge in [0.15, 0.2) is 0 Å². The van der Waals surface area contributed by atoms with Gasteiger partial charge in [0, 0.05) is 19.1 Å². The number of carboxylic acids is 1. The number of nitrogens with zero attached hydrogens (tertiary/aromatic N) is 2. The number of likely N-dealkylation sites (tertiary alicyclic amines) is 1. The molecule has 156 valence electrons. The van der Waals surface area contributed by atoms with Crippen LogP contribution in [0.15, 0.2) is 24.3 Å². The first-order valence-corrected chi connectivity index (χ1v) is 10.4. The first-order chi connectivity index (χ1) is 13.3. The highest BCUT2D eigenvalue weighted by Gasteiger charge is 2.28. The molecular weight excluding hydrogens is 354 g/mol. The number of hydrogen-bond acceptors (Lipinski definition) is 3. The van der Waals surface area contributed by atoms with Crippen LogP contribution in [-0.2, 0) is 4.79 Å². The van der Waals surface area contributed by atoms with E-state index in [0.717, 1.165) is 19.3 Å². The Balaban J connectivity index is 1.97. The topological polar surface area (TPSA) is 72.9 Å². The predicted molar refractivity (Wildman–Crippen MR) is 111 cm³/mol. The predicted octanol–water partition coefficient (Wildman–Crippen LogP) is 3.66. The number of aryl methyl sites for hydroxylation is 1. The Morgan fingerprint density at radius 2 is 1.89 bits per heavy atom. The molecule has 1 atom stereocenters. The van der Waals surface area contributed by atoms with Crippen LogP contribution < -0.4 is 5.32 Å². The minimum Gasteiger partial charge on any atom is -0.480 e. The van der Waals surface area contributed by atoms with Gasteiger partial charge in [0.1, 0.15) is 0 Å². The van der Waals surface area contributed by atoms with E-state index in [0.29, 0.717) is 25.6 Å². The van der Waals surface area contributed by atoms with Crippen molar-refractivity contribution in [2.24, 2.45) is 5.92 Å². The lowest BCUT2D eigenvalue weighted by Gasteiger charge is -2.38. The first kappa shape index (κ1) is 22.2. The molecule has 0 spiro atoms. The third-order valence-corrected chi connectivity index (χ3v) is 5.58. The largest absolute Gasteiger partial charge is 0.480 e. The van der Waals surface area contributed by atoms with E-state index in [1.165, 1.54) is 11.1 Å². The van der Waals surface area contributed by atoms with E-state index >= 15 is 0 Å². The first-order valence-electron chi connectivity index (χ1n) is 10.4. The van der Waals surface area contributed by atoms with Crippen molar-refractivity contribution in [3.05, 3.63) is 35.4 Å². The van der Waals surface area contributed by atoms with Crippen LogP contribution in [0.25, 0.3) is 0 Å². The van der Waals surface area contributed by atoms with Crippen molar-refractivity contribution in [2.45, 2.75) is 59.0 Å². The summed E-state index contributed by atoms with van der Waals surface area (Å²) in [4.78, 5) is 27.8. The van der Waals surface area contributed by atoms with Crippen LogP contribution >= 0.6 is 0 Å². The molecule has 2 rings (SSSR count). The summed E-state index contributed by atoms with van der Waals surface area (Å²) in [7, 11) is 0. The molecule has 1 aromatic rings. The van der Waals surface area contributed by atoms with E-state index in [1.54, 1.807) is 0 Å². The highest BCUT2D eigenvalue weighted by molar-refractivity contribution is 5.75. The average Bonchev–Trinajstić information content (AvgIpc) is 2.65. The molecule has 1 saturated heterocycles. The number of piperidine rings is 1. The second kappa shape index (κ2) is 10.5. The van der Waals surface area contributed by atoms with E-state index in [4.69, 9.17) is 5.11 Å². The summed E-state index contributed by atoms with van der Waals surface area (Å²) in [5, 5.41) is 12.3. The normalized spacial score (nSPS) is 16.4. The molecule has 1 fully saturated rings. The highest BCUT2D eigenvalue weighted by atomic mass is 16.4. The number of nitrogens with one attached hydrogen (secondary N) is 1. The molecule has 6 nitrogen and oxygen atoms in total. The van der Waals surface area contributed by atoms with Crippen molar-refractivity contribution in [1.82, 2.24) is 15.1 Å². The Morgan fingerprint density at radius 1 is 1.25 bits per heavy atom. The molecule has 1 aliphatic rings. The Kier molecular flexibility index (Phi) is 8.30. The van der Waals surface area contributed by atoms with Crippen molar-refractivity contribution in [2.75, 3.05) is 26.2 Å². The Labute approximate surface area is 168 Å². The van der Waals surface area contributed by atoms with E-state index in [1.807, 2.05) is 28.9 Å². The molecule has 6 heteroatoms. The summed E-state index contributed by atoms with van der Waals surface area (Å²) in [6, 6.07) is 8.44. The average molecular weight is 390 g/mol. The van der Waals surface area contributed by atoms with Crippen molar-refractivity contribution in [3.8, 4) is 0 Å². The summed E-state index contributed by atoms with van der Waals surface area (Å²) in [6.07, 6.45) is 2.52. The number of carboxylic acid groups (broad SMARTS) is 1. The van der Waals surface area contributed by atoms with Crippen molar-refractivity contribution < 1.29 is 14.7 Å². The minimum absolute atomic E-state index is 0.00516. The molecule has 28 heavy (non-hydrogen) atoms. The molecule has 2 N–H and O–H groups in total. The summed E-state index contributed by atoms with van der Waals surface area (Å²) < 4.78 is 0. The summed E-state index contributed by atoms with van der Waals surface area (Å²) in [5.41, 5.74) is 2.37. The summed E-state index contributed by atoms with van der Waals surface area (Å²) in [6.45, 7) is 10.5. The van der Waals surface area contributed by atoms with Crippen LogP contribution in [0.2, 0.25) is 0 Å². The molecule has 1 unspecified atom stereocenters. The second-order valence-electron chi connectivity index (χ2n) is 8.16.